The first-order valence-corrected chi connectivity index (χ1v) is 8.76. The van der Waals surface area contributed by atoms with Crippen molar-refractivity contribution in [2.24, 2.45) is 0 Å². The van der Waals surface area contributed by atoms with Crippen molar-refractivity contribution in [1.82, 2.24) is 14.9 Å². The van der Waals surface area contributed by atoms with Crippen LogP contribution in [-0.4, -0.2) is 64.1 Å². The van der Waals surface area contributed by atoms with Crippen LogP contribution in [-0.2, 0) is 10.0 Å². The van der Waals surface area contributed by atoms with Gasteiger partial charge in [-0.3, -0.25) is 9.69 Å². The first-order valence-electron chi connectivity index (χ1n) is 7.15. The van der Waals surface area contributed by atoms with Gasteiger partial charge in [0.1, 0.15) is 0 Å². The summed E-state index contributed by atoms with van der Waals surface area (Å²) in [4.78, 5) is 25.3. The van der Waals surface area contributed by atoms with Gasteiger partial charge in [0.05, 0.1) is 5.75 Å². The van der Waals surface area contributed by atoms with Crippen molar-refractivity contribution >= 4 is 27.6 Å². The molecule has 1 heterocycles. The molecule has 2 N–H and O–H groups in total. The topological polar surface area (TPSA) is 98.8 Å². The molecule has 1 aliphatic heterocycles. The van der Waals surface area contributed by atoms with Crippen LogP contribution in [0.2, 0.25) is 0 Å². The summed E-state index contributed by atoms with van der Waals surface area (Å²) in [6.07, 6.45) is 0. The minimum absolute atomic E-state index is 0.0216. The molecule has 1 fully saturated rings. The van der Waals surface area contributed by atoms with E-state index in [2.05, 4.69) is 10.6 Å². The van der Waals surface area contributed by atoms with Gasteiger partial charge in [-0.15, -0.1) is 0 Å². The zero-order valence-corrected chi connectivity index (χ0v) is 13.9. The molecule has 0 spiro atoms. The molecule has 1 saturated heterocycles. The van der Waals surface area contributed by atoms with Crippen molar-refractivity contribution in [2.75, 3.05) is 44.4 Å². The van der Waals surface area contributed by atoms with Crippen LogP contribution < -0.4 is 15.5 Å². The lowest BCUT2D eigenvalue weighted by molar-refractivity contribution is 0.0956. The molecule has 0 bridgehead atoms. The summed E-state index contributed by atoms with van der Waals surface area (Å²) in [6, 6.07) is 6.47. The molecule has 8 nitrogen and oxygen atoms in total. The van der Waals surface area contributed by atoms with Crippen LogP contribution >= 0.6 is 0 Å². The monoisotopic (exact) mass is 340 g/mol. The summed E-state index contributed by atoms with van der Waals surface area (Å²) >= 11 is 0. The van der Waals surface area contributed by atoms with Crippen LogP contribution in [0.25, 0.3) is 0 Å². The number of benzene rings is 1. The van der Waals surface area contributed by atoms with Crippen molar-refractivity contribution in [3.63, 3.8) is 0 Å². The fourth-order valence-electron chi connectivity index (χ4n) is 2.11. The smallest absolute Gasteiger partial charge is 0.321 e. The Labute approximate surface area is 135 Å². The lowest BCUT2D eigenvalue weighted by Crippen LogP contribution is -2.34. The van der Waals surface area contributed by atoms with E-state index in [4.69, 9.17) is 0 Å². The molecule has 23 heavy (non-hydrogen) atoms. The molecule has 0 radical (unpaired) electrons. The summed E-state index contributed by atoms with van der Waals surface area (Å²) < 4.78 is 24.4. The number of carbonyl (C=O) groups is 2. The zero-order chi connectivity index (χ0) is 17.0. The Hall–Kier alpha value is -2.13. The highest BCUT2D eigenvalue weighted by atomic mass is 32.2. The Kier molecular flexibility index (Phi) is 5.22. The number of sulfonamides is 1. The van der Waals surface area contributed by atoms with E-state index >= 15 is 0 Å². The predicted octanol–water partition coefficient (Wildman–Crippen LogP) is -0.163. The standard InChI is InChI=1S/C14H20N4O4S/c1-17(2)23(21,22)9-7-15-13(19)11-4-3-5-12(10-11)18-8-6-16-14(18)20/h3-5,10H,6-9H2,1-2H3,(H,15,19)(H,16,20). The highest BCUT2D eigenvalue weighted by molar-refractivity contribution is 7.89. The second kappa shape index (κ2) is 6.97. The molecule has 0 saturated carbocycles. The highest BCUT2D eigenvalue weighted by Gasteiger charge is 2.22. The third-order valence-electron chi connectivity index (χ3n) is 3.48. The van der Waals surface area contributed by atoms with E-state index in [9.17, 15) is 18.0 Å². The van der Waals surface area contributed by atoms with Crippen molar-refractivity contribution in [3.8, 4) is 0 Å². The predicted molar refractivity (Wildman–Crippen MR) is 87.0 cm³/mol. The summed E-state index contributed by atoms with van der Waals surface area (Å²) in [7, 11) is -0.455. The van der Waals surface area contributed by atoms with E-state index in [1.165, 1.54) is 14.1 Å². The molecular weight excluding hydrogens is 320 g/mol. The van der Waals surface area contributed by atoms with Gasteiger partial charge in [0.15, 0.2) is 0 Å². The largest absolute Gasteiger partial charge is 0.351 e. The van der Waals surface area contributed by atoms with Gasteiger partial charge in [-0.25, -0.2) is 17.5 Å². The summed E-state index contributed by atoms with van der Waals surface area (Å²) in [6.45, 7) is 1.14. The third kappa shape index (κ3) is 4.20. The maximum atomic E-state index is 12.1. The van der Waals surface area contributed by atoms with E-state index in [0.29, 0.717) is 24.3 Å². The number of rotatable bonds is 6. The van der Waals surface area contributed by atoms with E-state index in [-0.39, 0.29) is 24.2 Å². The minimum atomic E-state index is -3.35. The van der Waals surface area contributed by atoms with Crippen LogP contribution in [0.1, 0.15) is 10.4 Å². The van der Waals surface area contributed by atoms with Gasteiger partial charge < -0.3 is 10.6 Å². The lowest BCUT2D eigenvalue weighted by Gasteiger charge is -2.15. The van der Waals surface area contributed by atoms with Crippen LogP contribution in [0, 0.1) is 0 Å². The van der Waals surface area contributed by atoms with E-state index in [1.807, 2.05) is 0 Å². The molecule has 1 aromatic rings. The highest BCUT2D eigenvalue weighted by Crippen LogP contribution is 2.18. The molecule has 0 unspecified atom stereocenters. The minimum Gasteiger partial charge on any atom is -0.351 e. The van der Waals surface area contributed by atoms with Crippen molar-refractivity contribution in [1.29, 1.82) is 0 Å². The van der Waals surface area contributed by atoms with Gasteiger partial charge in [-0.1, -0.05) is 6.07 Å². The molecule has 1 aromatic carbocycles. The number of carbonyl (C=O) groups excluding carboxylic acids is 2. The quantitative estimate of drug-likeness (QED) is 0.751. The fourth-order valence-corrected chi connectivity index (χ4v) is 2.84. The Morgan fingerprint density at radius 3 is 2.74 bits per heavy atom. The van der Waals surface area contributed by atoms with Gasteiger partial charge in [-0.2, -0.15) is 0 Å². The number of urea groups is 1. The molecule has 0 aromatic heterocycles. The number of hydrogen-bond donors (Lipinski definition) is 2. The van der Waals surface area contributed by atoms with Gasteiger partial charge >= 0.3 is 6.03 Å². The summed E-state index contributed by atoms with van der Waals surface area (Å²) in [5.74, 6) is -0.541. The van der Waals surface area contributed by atoms with E-state index in [0.717, 1.165) is 4.31 Å². The Morgan fingerprint density at radius 2 is 2.13 bits per heavy atom. The number of nitrogens with one attached hydrogen (secondary N) is 2. The molecule has 9 heteroatoms. The van der Waals surface area contributed by atoms with Crippen molar-refractivity contribution in [2.45, 2.75) is 0 Å². The maximum absolute atomic E-state index is 12.1. The molecule has 0 atom stereocenters. The Balaban J connectivity index is 1.99. The molecule has 126 valence electrons. The lowest BCUT2D eigenvalue weighted by atomic mass is 10.2. The number of anilines is 1. The van der Waals surface area contributed by atoms with Gasteiger partial charge in [0.25, 0.3) is 5.91 Å². The van der Waals surface area contributed by atoms with Crippen LogP contribution in [0.5, 0.6) is 0 Å². The van der Waals surface area contributed by atoms with E-state index < -0.39 is 10.0 Å². The maximum Gasteiger partial charge on any atom is 0.321 e. The van der Waals surface area contributed by atoms with Gasteiger partial charge in [-0.05, 0) is 18.2 Å². The average molecular weight is 340 g/mol. The van der Waals surface area contributed by atoms with Crippen molar-refractivity contribution in [3.05, 3.63) is 29.8 Å². The zero-order valence-electron chi connectivity index (χ0n) is 13.1. The molecule has 0 aliphatic carbocycles. The molecule has 3 amide bonds. The molecule has 1 aliphatic rings. The van der Waals surface area contributed by atoms with E-state index in [1.54, 1.807) is 29.2 Å². The number of hydrogen-bond acceptors (Lipinski definition) is 4. The van der Waals surface area contributed by atoms with Crippen LogP contribution in [0.4, 0.5) is 10.5 Å². The number of amides is 3. The second-order valence-electron chi connectivity index (χ2n) is 5.29. The summed E-state index contributed by atoms with van der Waals surface area (Å²) in [5.41, 5.74) is 1.01. The van der Waals surface area contributed by atoms with Gasteiger partial charge in [0, 0.05) is 45.0 Å². The average Bonchev–Trinajstić information content (AvgIpc) is 2.93. The first kappa shape index (κ1) is 17.2. The number of nitrogens with zero attached hydrogens (tertiary/aromatic N) is 2. The first-order chi connectivity index (χ1) is 10.8. The molecular formula is C14H20N4O4S. The molecule has 2 rings (SSSR count). The second-order valence-corrected chi connectivity index (χ2v) is 7.59. The van der Waals surface area contributed by atoms with Crippen LogP contribution in [0.3, 0.4) is 0 Å². The van der Waals surface area contributed by atoms with Crippen molar-refractivity contribution < 1.29 is 18.0 Å². The third-order valence-corrected chi connectivity index (χ3v) is 5.31. The fraction of sp³-hybridized carbons (Fsp3) is 0.429. The van der Waals surface area contributed by atoms with Crippen LogP contribution in [0.15, 0.2) is 24.3 Å². The normalized spacial score (nSPS) is 14.9. The Bertz CT molecular complexity index is 702. The Morgan fingerprint density at radius 1 is 1.39 bits per heavy atom. The van der Waals surface area contributed by atoms with Gasteiger partial charge in [0.2, 0.25) is 10.0 Å². The summed E-state index contributed by atoms with van der Waals surface area (Å²) in [5, 5.41) is 5.27. The SMILES string of the molecule is CN(C)S(=O)(=O)CCNC(=O)c1cccc(N2CCNC2=O)c1.